The number of rotatable bonds is 6. The first kappa shape index (κ1) is 19.8. The van der Waals surface area contributed by atoms with E-state index in [0.717, 1.165) is 10.6 Å². The second-order valence-corrected chi connectivity index (χ2v) is 7.71. The number of Topliss-reactive ketones (excluding diaryl/α,β-unsaturated/α-hetero) is 1. The number of amides is 1. The van der Waals surface area contributed by atoms with E-state index in [1.54, 1.807) is 19.2 Å². The second-order valence-electron chi connectivity index (χ2n) is 5.60. The molecule has 0 aromatic carbocycles. The van der Waals surface area contributed by atoms with Crippen molar-refractivity contribution < 1.29 is 19.1 Å². The summed E-state index contributed by atoms with van der Waals surface area (Å²) in [6, 6.07) is 1.90. The van der Waals surface area contributed by atoms with Gasteiger partial charge >= 0.3 is 5.97 Å². The van der Waals surface area contributed by atoms with E-state index in [9.17, 15) is 19.6 Å². The zero-order valence-corrected chi connectivity index (χ0v) is 16.3. The third-order valence-electron chi connectivity index (χ3n) is 3.56. The van der Waals surface area contributed by atoms with Crippen LogP contribution in [0.15, 0.2) is 5.38 Å². The molecule has 0 aliphatic carbocycles. The summed E-state index contributed by atoms with van der Waals surface area (Å²) in [6.07, 6.45) is 0. The van der Waals surface area contributed by atoms with Crippen LogP contribution in [-0.4, -0.2) is 29.3 Å². The molecule has 7 nitrogen and oxygen atoms in total. The van der Waals surface area contributed by atoms with E-state index < -0.39 is 24.3 Å². The van der Waals surface area contributed by atoms with Crippen LogP contribution in [-0.2, 0) is 14.3 Å². The van der Waals surface area contributed by atoms with Gasteiger partial charge in [-0.05, 0) is 26.3 Å². The van der Waals surface area contributed by atoms with Crippen molar-refractivity contribution in [1.82, 2.24) is 4.98 Å². The highest BCUT2D eigenvalue weighted by Gasteiger charge is 2.27. The van der Waals surface area contributed by atoms with Gasteiger partial charge < -0.3 is 10.1 Å². The van der Waals surface area contributed by atoms with Gasteiger partial charge in [-0.25, -0.2) is 9.78 Å². The smallest absolute Gasteiger partial charge is 0.341 e. The van der Waals surface area contributed by atoms with E-state index in [1.165, 1.54) is 29.6 Å². The van der Waals surface area contributed by atoms with E-state index in [-0.39, 0.29) is 11.5 Å². The zero-order chi connectivity index (χ0) is 19.4. The maximum atomic E-state index is 12.4. The number of hydrogen-bond acceptors (Lipinski definition) is 8. The number of hydrogen-bond donors (Lipinski definition) is 1. The molecule has 2 aromatic rings. The van der Waals surface area contributed by atoms with Gasteiger partial charge in [0, 0.05) is 22.9 Å². The zero-order valence-electron chi connectivity index (χ0n) is 14.7. The van der Waals surface area contributed by atoms with Gasteiger partial charge in [0.15, 0.2) is 18.3 Å². The molecule has 1 atom stereocenters. The van der Waals surface area contributed by atoms with Gasteiger partial charge in [0.25, 0.3) is 0 Å². The molecule has 9 heteroatoms. The van der Waals surface area contributed by atoms with Gasteiger partial charge in [0.05, 0.1) is 11.6 Å². The van der Waals surface area contributed by atoms with E-state index in [0.29, 0.717) is 15.6 Å². The summed E-state index contributed by atoms with van der Waals surface area (Å²) >= 11 is 2.48. The number of ketones is 1. The van der Waals surface area contributed by atoms with Gasteiger partial charge in [0.1, 0.15) is 10.0 Å². The number of carbonyl (C=O) groups excluding carboxylic acids is 3. The lowest BCUT2D eigenvalue weighted by atomic mass is 10.1. The van der Waals surface area contributed by atoms with Gasteiger partial charge in [-0.2, -0.15) is 5.26 Å². The Hall–Kier alpha value is -2.57. The summed E-state index contributed by atoms with van der Waals surface area (Å²) in [4.78, 5) is 41.0. The molecule has 0 aliphatic heterocycles. The first-order valence-corrected chi connectivity index (χ1v) is 9.33. The highest BCUT2D eigenvalue weighted by Crippen LogP contribution is 2.33. The molecule has 0 bridgehead atoms. The quantitative estimate of drug-likeness (QED) is 0.758. The van der Waals surface area contributed by atoms with Crippen LogP contribution in [0.1, 0.15) is 44.3 Å². The molecule has 1 unspecified atom stereocenters. The number of thiazole rings is 1. The molecule has 0 fully saturated rings. The topological polar surface area (TPSA) is 109 Å². The molecular weight excluding hydrogens is 374 g/mol. The SMILES string of the molecule is CC(=O)Nc1sc(C)c(C)c1C(=O)OCC(=O)C(C#N)c1nc(C)cs1. The molecule has 2 heterocycles. The molecule has 0 saturated carbocycles. The highest BCUT2D eigenvalue weighted by molar-refractivity contribution is 7.16. The predicted molar refractivity (Wildman–Crippen MR) is 98.6 cm³/mol. The lowest BCUT2D eigenvalue weighted by Gasteiger charge is -2.08. The van der Waals surface area contributed by atoms with Crippen molar-refractivity contribution in [1.29, 1.82) is 5.26 Å². The minimum absolute atomic E-state index is 0.231. The molecule has 26 heavy (non-hydrogen) atoms. The summed E-state index contributed by atoms with van der Waals surface area (Å²) in [5.41, 5.74) is 1.64. The lowest BCUT2D eigenvalue weighted by Crippen LogP contribution is -2.20. The third kappa shape index (κ3) is 4.33. The summed E-state index contributed by atoms with van der Waals surface area (Å²) in [6.45, 7) is 6.14. The van der Waals surface area contributed by atoms with Crippen molar-refractivity contribution in [2.45, 2.75) is 33.6 Å². The fraction of sp³-hybridized carbons (Fsp3) is 0.353. The number of carbonyl (C=O) groups is 3. The van der Waals surface area contributed by atoms with Gasteiger partial charge in [-0.15, -0.1) is 22.7 Å². The maximum absolute atomic E-state index is 12.4. The lowest BCUT2D eigenvalue weighted by molar-refractivity contribution is -0.122. The second kappa shape index (κ2) is 8.21. The Morgan fingerprint density at radius 2 is 2.04 bits per heavy atom. The Morgan fingerprint density at radius 3 is 2.58 bits per heavy atom. The number of anilines is 1. The number of esters is 1. The standard InChI is InChI=1S/C17H17N3O4S2/c1-8-7-25-15(19-8)12(5-18)13(22)6-24-17(23)14-9(2)10(3)26-16(14)20-11(4)21/h7,12H,6H2,1-4H3,(H,20,21). The summed E-state index contributed by atoms with van der Waals surface area (Å²) in [5, 5.41) is 14.4. The highest BCUT2D eigenvalue weighted by atomic mass is 32.1. The van der Waals surface area contributed by atoms with E-state index in [2.05, 4.69) is 10.3 Å². The fourth-order valence-electron chi connectivity index (χ4n) is 2.18. The monoisotopic (exact) mass is 391 g/mol. The van der Waals surface area contributed by atoms with Crippen molar-refractivity contribution in [3.63, 3.8) is 0 Å². The minimum atomic E-state index is -1.07. The molecule has 0 saturated heterocycles. The van der Waals surface area contributed by atoms with E-state index in [4.69, 9.17) is 4.74 Å². The van der Waals surface area contributed by atoms with Crippen molar-refractivity contribution in [2.75, 3.05) is 11.9 Å². The van der Waals surface area contributed by atoms with Gasteiger partial charge in [-0.1, -0.05) is 0 Å². The van der Waals surface area contributed by atoms with Crippen LogP contribution in [0.25, 0.3) is 0 Å². The number of nitriles is 1. The summed E-state index contributed by atoms with van der Waals surface area (Å²) in [7, 11) is 0. The number of aromatic nitrogens is 1. The largest absolute Gasteiger partial charge is 0.454 e. The molecule has 2 rings (SSSR count). The van der Waals surface area contributed by atoms with Crippen LogP contribution >= 0.6 is 22.7 Å². The summed E-state index contributed by atoms with van der Waals surface area (Å²) in [5.74, 6) is -2.63. The summed E-state index contributed by atoms with van der Waals surface area (Å²) < 4.78 is 5.11. The Kier molecular flexibility index (Phi) is 6.23. The molecule has 2 aromatic heterocycles. The third-order valence-corrected chi connectivity index (χ3v) is 5.71. The molecule has 0 spiro atoms. The molecule has 0 aliphatic rings. The maximum Gasteiger partial charge on any atom is 0.341 e. The van der Waals surface area contributed by atoms with Gasteiger partial charge in [0.2, 0.25) is 5.91 Å². The number of ether oxygens (including phenoxy) is 1. The van der Waals surface area contributed by atoms with Crippen LogP contribution < -0.4 is 5.32 Å². The Labute approximate surface area is 158 Å². The Bertz CT molecular complexity index is 908. The average molecular weight is 391 g/mol. The van der Waals surface area contributed by atoms with Crippen LogP contribution in [0.3, 0.4) is 0 Å². The average Bonchev–Trinajstić information content (AvgIpc) is 3.09. The first-order chi connectivity index (χ1) is 12.2. The predicted octanol–water partition coefficient (Wildman–Crippen LogP) is 3.12. The number of nitrogens with zero attached hydrogens (tertiary/aromatic N) is 2. The fourth-order valence-corrected chi connectivity index (χ4v) is 4.14. The van der Waals surface area contributed by atoms with Gasteiger partial charge in [-0.3, -0.25) is 9.59 Å². The normalized spacial score (nSPS) is 11.5. The van der Waals surface area contributed by atoms with Crippen LogP contribution in [0.5, 0.6) is 0 Å². The molecule has 0 radical (unpaired) electrons. The molecule has 1 N–H and O–H groups in total. The first-order valence-electron chi connectivity index (χ1n) is 7.63. The number of nitrogens with one attached hydrogen (secondary N) is 1. The van der Waals surface area contributed by atoms with Crippen molar-refractivity contribution in [3.05, 3.63) is 32.1 Å². The minimum Gasteiger partial charge on any atom is -0.454 e. The van der Waals surface area contributed by atoms with Crippen LogP contribution in [0.4, 0.5) is 5.00 Å². The van der Waals surface area contributed by atoms with Crippen LogP contribution in [0, 0.1) is 32.1 Å². The van der Waals surface area contributed by atoms with Crippen LogP contribution in [0.2, 0.25) is 0 Å². The molecular formula is C17H17N3O4S2. The number of aryl methyl sites for hydroxylation is 2. The molecule has 136 valence electrons. The Morgan fingerprint density at radius 1 is 1.35 bits per heavy atom. The van der Waals surface area contributed by atoms with E-state index >= 15 is 0 Å². The van der Waals surface area contributed by atoms with Crippen molar-refractivity contribution in [3.8, 4) is 6.07 Å². The van der Waals surface area contributed by atoms with Crippen molar-refractivity contribution >= 4 is 45.3 Å². The van der Waals surface area contributed by atoms with Crippen molar-refractivity contribution in [2.24, 2.45) is 0 Å². The molecule has 1 amide bonds. The number of thiophene rings is 1. The van der Waals surface area contributed by atoms with E-state index in [1.807, 2.05) is 13.0 Å². The Balaban J connectivity index is 2.12.